The molecule has 0 aliphatic heterocycles. The number of rotatable bonds is 8. The SMILES string of the molecule is CCCNc1nc(C(C)C)nc(NCC(C)CO)c1C. The Balaban J connectivity index is 2.98. The highest BCUT2D eigenvalue weighted by molar-refractivity contribution is 5.57. The molecule has 0 fully saturated rings. The van der Waals surface area contributed by atoms with Crippen LogP contribution in [0.3, 0.4) is 0 Å². The van der Waals surface area contributed by atoms with Crippen LogP contribution in [-0.2, 0) is 0 Å². The van der Waals surface area contributed by atoms with Crippen LogP contribution in [0.15, 0.2) is 0 Å². The zero-order valence-electron chi connectivity index (χ0n) is 13.3. The molecule has 0 aliphatic carbocycles. The molecule has 1 unspecified atom stereocenters. The van der Waals surface area contributed by atoms with Crippen LogP contribution in [-0.4, -0.2) is 34.8 Å². The molecule has 0 amide bonds. The predicted molar refractivity (Wildman–Crippen MR) is 84.4 cm³/mol. The fourth-order valence-corrected chi connectivity index (χ4v) is 1.72. The molecule has 1 heterocycles. The minimum absolute atomic E-state index is 0.176. The molecule has 5 nitrogen and oxygen atoms in total. The average Bonchev–Trinajstić information content (AvgIpc) is 2.44. The van der Waals surface area contributed by atoms with Crippen LogP contribution in [0.25, 0.3) is 0 Å². The molecule has 0 saturated heterocycles. The van der Waals surface area contributed by atoms with Gasteiger partial charge in [-0.1, -0.05) is 27.7 Å². The molecular weight excluding hydrogens is 252 g/mol. The van der Waals surface area contributed by atoms with Crippen molar-refractivity contribution in [2.45, 2.75) is 47.0 Å². The summed E-state index contributed by atoms with van der Waals surface area (Å²) in [5.74, 6) is 3.10. The van der Waals surface area contributed by atoms with E-state index in [9.17, 15) is 0 Å². The first-order valence-corrected chi connectivity index (χ1v) is 7.46. The van der Waals surface area contributed by atoms with Crippen molar-refractivity contribution in [3.63, 3.8) is 0 Å². The molecule has 5 heteroatoms. The maximum absolute atomic E-state index is 9.11. The highest BCUT2D eigenvalue weighted by Crippen LogP contribution is 2.23. The summed E-state index contributed by atoms with van der Waals surface area (Å²) in [5, 5.41) is 15.8. The Morgan fingerprint density at radius 1 is 1.10 bits per heavy atom. The van der Waals surface area contributed by atoms with Crippen molar-refractivity contribution < 1.29 is 5.11 Å². The second kappa shape index (κ2) is 8.04. The molecule has 1 aromatic heterocycles. The lowest BCUT2D eigenvalue weighted by atomic mass is 10.1. The van der Waals surface area contributed by atoms with Gasteiger partial charge >= 0.3 is 0 Å². The van der Waals surface area contributed by atoms with Gasteiger partial charge in [-0.2, -0.15) is 0 Å². The molecule has 0 saturated carbocycles. The maximum atomic E-state index is 9.11. The van der Waals surface area contributed by atoms with Crippen molar-refractivity contribution >= 4 is 11.6 Å². The lowest BCUT2D eigenvalue weighted by molar-refractivity contribution is 0.244. The van der Waals surface area contributed by atoms with Crippen LogP contribution < -0.4 is 10.6 Å². The highest BCUT2D eigenvalue weighted by Gasteiger charge is 2.13. The summed E-state index contributed by atoms with van der Waals surface area (Å²) in [4.78, 5) is 9.21. The summed E-state index contributed by atoms with van der Waals surface area (Å²) >= 11 is 0. The zero-order valence-corrected chi connectivity index (χ0v) is 13.3. The third-order valence-corrected chi connectivity index (χ3v) is 3.15. The fourth-order valence-electron chi connectivity index (χ4n) is 1.72. The Hall–Kier alpha value is -1.36. The van der Waals surface area contributed by atoms with Gasteiger partial charge in [0.05, 0.1) is 0 Å². The van der Waals surface area contributed by atoms with Gasteiger partial charge in [0.25, 0.3) is 0 Å². The molecule has 0 bridgehead atoms. The van der Waals surface area contributed by atoms with Crippen molar-refractivity contribution in [1.82, 2.24) is 9.97 Å². The van der Waals surface area contributed by atoms with E-state index in [4.69, 9.17) is 5.11 Å². The number of nitrogens with one attached hydrogen (secondary N) is 2. The van der Waals surface area contributed by atoms with Crippen LogP contribution in [0.5, 0.6) is 0 Å². The van der Waals surface area contributed by atoms with Gasteiger partial charge in [-0.05, 0) is 19.3 Å². The van der Waals surface area contributed by atoms with E-state index in [1.807, 2.05) is 13.8 Å². The van der Waals surface area contributed by atoms with Gasteiger partial charge in [0.15, 0.2) is 0 Å². The topological polar surface area (TPSA) is 70.1 Å². The fraction of sp³-hybridized carbons (Fsp3) is 0.733. The number of aliphatic hydroxyl groups is 1. The molecule has 1 atom stereocenters. The van der Waals surface area contributed by atoms with Gasteiger partial charge in [-0.15, -0.1) is 0 Å². The Morgan fingerprint density at radius 2 is 1.70 bits per heavy atom. The number of aromatic nitrogens is 2. The minimum atomic E-state index is 0.176. The summed E-state index contributed by atoms with van der Waals surface area (Å²) in [7, 11) is 0. The van der Waals surface area contributed by atoms with E-state index in [1.54, 1.807) is 0 Å². The first kappa shape index (κ1) is 16.7. The Bertz CT molecular complexity index is 421. The molecule has 3 N–H and O–H groups in total. The number of aliphatic hydroxyl groups excluding tert-OH is 1. The van der Waals surface area contributed by atoms with Crippen molar-refractivity contribution in [3.05, 3.63) is 11.4 Å². The number of anilines is 2. The average molecular weight is 280 g/mol. The van der Waals surface area contributed by atoms with E-state index < -0.39 is 0 Å². The van der Waals surface area contributed by atoms with E-state index in [-0.39, 0.29) is 18.4 Å². The molecule has 0 aliphatic rings. The molecule has 20 heavy (non-hydrogen) atoms. The second-order valence-corrected chi connectivity index (χ2v) is 5.65. The predicted octanol–water partition coefficient (Wildman–Crippen LogP) is 2.77. The van der Waals surface area contributed by atoms with Crippen LogP contribution in [0.2, 0.25) is 0 Å². The summed E-state index contributed by atoms with van der Waals surface area (Å²) in [6.45, 7) is 12.1. The lowest BCUT2D eigenvalue weighted by Crippen LogP contribution is -2.18. The third-order valence-electron chi connectivity index (χ3n) is 3.15. The Morgan fingerprint density at radius 3 is 2.20 bits per heavy atom. The van der Waals surface area contributed by atoms with Crippen LogP contribution in [0, 0.1) is 12.8 Å². The van der Waals surface area contributed by atoms with E-state index in [2.05, 4.69) is 41.4 Å². The first-order chi connectivity index (χ1) is 9.49. The number of hydrogen-bond acceptors (Lipinski definition) is 5. The molecule has 1 rings (SSSR count). The summed E-state index contributed by atoms with van der Waals surface area (Å²) in [5.41, 5.74) is 1.04. The summed E-state index contributed by atoms with van der Waals surface area (Å²) < 4.78 is 0. The monoisotopic (exact) mass is 280 g/mol. The summed E-state index contributed by atoms with van der Waals surface area (Å²) in [6, 6.07) is 0. The number of nitrogens with zero attached hydrogens (tertiary/aromatic N) is 2. The molecule has 114 valence electrons. The molecule has 0 spiro atoms. The lowest BCUT2D eigenvalue weighted by Gasteiger charge is -2.17. The quantitative estimate of drug-likeness (QED) is 0.683. The summed E-state index contributed by atoms with van der Waals surface area (Å²) in [6.07, 6.45) is 1.06. The number of hydrogen-bond donors (Lipinski definition) is 3. The minimum Gasteiger partial charge on any atom is -0.396 e. The zero-order chi connectivity index (χ0) is 15.1. The van der Waals surface area contributed by atoms with Gasteiger partial charge in [0.2, 0.25) is 0 Å². The second-order valence-electron chi connectivity index (χ2n) is 5.65. The van der Waals surface area contributed by atoms with Crippen molar-refractivity contribution in [2.75, 3.05) is 30.3 Å². The largest absolute Gasteiger partial charge is 0.396 e. The van der Waals surface area contributed by atoms with Gasteiger partial charge in [0.1, 0.15) is 17.5 Å². The van der Waals surface area contributed by atoms with E-state index in [1.165, 1.54) is 0 Å². The van der Waals surface area contributed by atoms with E-state index in [0.717, 1.165) is 36.0 Å². The molecule has 0 radical (unpaired) electrons. The smallest absolute Gasteiger partial charge is 0.135 e. The van der Waals surface area contributed by atoms with Crippen LogP contribution in [0.1, 0.15) is 51.4 Å². The molecule has 1 aromatic rings. The normalized spacial score (nSPS) is 12.6. The van der Waals surface area contributed by atoms with Crippen LogP contribution >= 0.6 is 0 Å². The van der Waals surface area contributed by atoms with E-state index >= 15 is 0 Å². The van der Waals surface area contributed by atoms with Gasteiger partial charge in [0, 0.05) is 31.2 Å². The highest BCUT2D eigenvalue weighted by atomic mass is 16.3. The van der Waals surface area contributed by atoms with Gasteiger partial charge in [-0.3, -0.25) is 0 Å². The van der Waals surface area contributed by atoms with Gasteiger partial charge < -0.3 is 15.7 Å². The Kier molecular flexibility index (Phi) is 6.71. The maximum Gasteiger partial charge on any atom is 0.135 e. The van der Waals surface area contributed by atoms with Crippen LogP contribution in [0.4, 0.5) is 11.6 Å². The van der Waals surface area contributed by atoms with Gasteiger partial charge in [-0.25, -0.2) is 9.97 Å². The Labute approximate surface area is 122 Å². The third kappa shape index (κ3) is 4.63. The first-order valence-electron chi connectivity index (χ1n) is 7.46. The molecule has 0 aromatic carbocycles. The van der Waals surface area contributed by atoms with Crippen molar-refractivity contribution in [3.8, 4) is 0 Å². The van der Waals surface area contributed by atoms with Crippen molar-refractivity contribution in [2.24, 2.45) is 5.92 Å². The van der Waals surface area contributed by atoms with Crippen molar-refractivity contribution in [1.29, 1.82) is 0 Å². The molecular formula is C15H28N4O. The standard InChI is InChI=1S/C15H28N4O/c1-6-7-16-14-12(5)15(17-8-11(4)9-20)19-13(18-14)10(2)3/h10-11,20H,6-9H2,1-5H3,(H2,16,17,18,19). The van der Waals surface area contributed by atoms with E-state index in [0.29, 0.717) is 6.54 Å².